The molecule has 0 amide bonds. The molecule has 1 aromatic carbocycles. The van der Waals surface area contributed by atoms with Crippen LogP contribution in [0.2, 0.25) is 0 Å². The van der Waals surface area contributed by atoms with Crippen LogP contribution in [-0.2, 0) is 9.53 Å². The van der Waals surface area contributed by atoms with Crippen LogP contribution in [0.1, 0.15) is 50.0 Å². The zero-order chi connectivity index (χ0) is 16.0. The van der Waals surface area contributed by atoms with Gasteiger partial charge in [-0.2, -0.15) is 0 Å². The van der Waals surface area contributed by atoms with Crippen LogP contribution in [0.15, 0.2) is 24.3 Å². The molecule has 4 heteroatoms. The van der Waals surface area contributed by atoms with Crippen LogP contribution in [-0.4, -0.2) is 36.1 Å². The summed E-state index contributed by atoms with van der Waals surface area (Å²) in [6, 6.07) is 9.71. The fourth-order valence-electron chi connectivity index (χ4n) is 4.57. The highest BCUT2D eigenvalue weighted by Gasteiger charge is 2.50. The lowest BCUT2D eigenvalue weighted by Crippen LogP contribution is -2.49. The Hall–Kier alpha value is -0.620. The van der Waals surface area contributed by atoms with Gasteiger partial charge in [0.1, 0.15) is 6.10 Å². The minimum Gasteiger partial charge on any atom is -0.462 e. The van der Waals surface area contributed by atoms with Gasteiger partial charge in [-0.05, 0) is 85.9 Å². The van der Waals surface area contributed by atoms with Crippen molar-refractivity contribution < 1.29 is 9.53 Å². The molecule has 3 aliphatic rings. The average Bonchev–Trinajstić information content (AvgIpc) is 2.74. The number of fused-ring (bicyclic) bond motifs is 2. The Morgan fingerprint density at radius 2 is 1.91 bits per heavy atom. The van der Waals surface area contributed by atoms with Crippen LogP contribution < -0.4 is 0 Å². The van der Waals surface area contributed by atoms with E-state index in [2.05, 4.69) is 58.8 Å². The SMILES string of the molecule is CN1C2CC[C@@H]1C[C@H](c1ccc(I)cc1)C2C(=O)OC1CCC1. The number of hydrogen-bond donors (Lipinski definition) is 0. The summed E-state index contributed by atoms with van der Waals surface area (Å²) in [7, 11) is 2.19. The van der Waals surface area contributed by atoms with E-state index in [0.29, 0.717) is 18.0 Å². The summed E-state index contributed by atoms with van der Waals surface area (Å²) >= 11 is 2.34. The Bertz CT molecular complexity index is 584. The highest BCUT2D eigenvalue weighted by molar-refractivity contribution is 14.1. The molecule has 1 aliphatic carbocycles. The molecule has 0 spiro atoms. The first-order valence-corrected chi connectivity index (χ1v) is 9.89. The van der Waals surface area contributed by atoms with Gasteiger partial charge in [-0.15, -0.1) is 0 Å². The third-order valence-electron chi connectivity index (χ3n) is 6.17. The van der Waals surface area contributed by atoms with E-state index in [1.807, 2.05) is 0 Å². The molecule has 0 aromatic heterocycles. The van der Waals surface area contributed by atoms with E-state index in [1.165, 1.54) is 22.0 Å². The Kier molecular flexibility index (Phi) is 4.39. The van der Waals surface area contributed by atoms with E-state index in [0.717, 1.165) is 25.7 Å². The Balaban J connectivity index is 1.61. The van der Waals surface area contributed by atoms with Crippen LogP contribution in [0.5, 0.6) is 0 Å². The van der Waals surface area contributed by atoms with Crippen molar-refractivity contribution in [2.24, 2.45) is 5.92 Å². The largest absolute Gasteiger partial charge is 0.462 e. The van der Waals surface area contributed by atoms with E-state index in [9.17, 15) is 4.79 Å². The van der Waals surface area contributed by atoms with Gasteiger partial charge in [0.25, 0.3) is 0 Å². The Morgan fingerprint density at radius 3 is 2.57 bits per heavy atom. The first kappa shape index (κ1) is 15.9. The molecule has 4 atom stereocenters. The smallest absolute Gasteiger partial charge is 0.311 e. The molecule has 2 aliphatic heterocycles. The summed E-state index contributed by atoms with van der Waals surface area (Å²) in [5, 5.41) is 0. The van der Waals surface area contributed by atoms with Crippen molar-refractivity contribution in [1.29, 1.82) is 0 Å². The normalized spacial score (nSPS) is 34.2. The summed E-state index contributed by atoms with van der Waals surface area (Å²) in [6.45, 7) is 0. The summed E-state index contributed by atoms with van der Waals surface area (Å²) in [5.41, 5.74) is 1.31. The second kappa shape index (κ2) is 6.36. The van der Waals surface area contributed by atoms with Crippen molar-refractivity contribution in [2.45, 2.75) is 62.6 Å². The standard InChI is InChI=1S/C19H24INO2/c1-21-14-9-10-17(21)18(19(22)23-15-3-2-4-15)16(11-14)12-5-7-13(20)8-6-12/h5-8,14-18H,2-4,9-11H2,1H3/t14-,16-,17?,18?/m1/s1. The van der Waals surface area contributed by atoms with Gasteiger partial charge in [-0.3, -0.25) is 9.69 Å². The van der Waals surface area contributed by atoms with Gasteiger partial charge in [-0.1, -0.05) is 12.1 Å². The van der Waals surface area contributed by atoms with Gasteiger partial charge in [0.15, 0.2) is 0 Å². The monoisotopic (exact) mass is 425 g/mol. The number of carbonyl (C=O) groups is 1. The Morgan fingerprint density at radius 1 is 1.17 bits per heavy atom. The molecule has 1 aromatic rings. The van der Waals surface area contributed by atoms with E-state index < -0.39 is 0 Å². The molecule has 2 heterocycles. The topological polar surface area (TPSA) is 29.5 Å². The molecule has 3 nitrogen and oxygen atoms in total. The minimum absolute atomic E-state index is 0.000545. The number of rotatable bonds is 3. The number of halogens is 1. The maximum atomic E-state index is 12.9. The molecule has 2 saturated heterocycles. The quantitative estimate of drug-likeness (QED) is 0.543. The predicted octanol–water partition coefficient (Wildman–Crippen LogP) is 3.95. The first-order chi connectivity index (χ1) is 11.1. The first-order valence-electron chi connectivity index (χ1n) is 8.81. The maximum Gasteiger partial charge on any atom is 0.311 e. The van der Waals surface area contributed by atoms with Crippen LogP contribution in [0.3, 0.4) is 0 Å². The van der Waals surface area contributed by atoms with Gasteiger partial charge in [-0.25, -0.2) is 0 Å². The van der Waals surface area contributed by atoms with Crippen molar-refractivity contribution >= 4 is 28.6 Å². The number of ether oxygens (including phenoxy) is 1. The minimum atomic E-state index is -0.000545. The molecule has 0 radical (unpaired) electrons. The van der Waals surface area contributed by atoms with Crippen molar-refractivity contribution in [3.05, 3.63) is 33.4 Å². The molecule has 23 heavy (non-hydrogen) atoms. The van der Waals surface area contributed by atoms with Gasteiger partial charge in [0.05, 0.1) is 5.92 Å². The highest BCUT2D eigenvalue weighted by atomic mass is 127. The van der Waals surface area contributed by atoms with Gasteiger partial charge in [0, 0.05) is 21.6 Å². The van der Waals surface area contributed by atoms with Crippen molar-refractivity contribution in [1.82, 2.24) is 4.90 Å². The molecule has 4 rings (SSSR count). The number of esters is 1. The number of piperidine rings is 1. The summed E-state index contributed by atoms with van der Waals surface area (Å²) < 4.78 is 7.08. The fourth-order valence-corrected chi connectivity index (χ4v) is 4.93. The van der Waals surface area contributed by atoms with Gasteiger partial charge < -0.3 is 4.74 Å². The fraction of sp³-hybridized carbons (Fsp3) is 0.632. The summed E-state index contributed by atoms with van der Waals surface area (Å²) in [6.07, 6.45) is 6.92. The summed E-state index contributed by atoms with van der Waals surface area (Å²) in [4.78, 5) is 15.4. The molecule has 1 saturated carbocycles. The van der Waals surface area contributed by atoms with Crippen molar-refractivity contribution in [3.63, 3.8) is 0 Å². The number of carbonyl (C=O) groups excluding carboxylic acids is 1. The zero-order valence-corrected chi connectivity index (χ0v) is 15.7. The lowest BCUT2D eigenvalue weighted by Gasteiger charge is -2.42. The van der Waals surface area contributed by atoms with Gasteiger partial charge in [0.2, 0.25) is 0 Å². The second-order valence-electron chi connectivity index (χ2n) is 7.37. The third-order valence-corrected chi connectivity index (χ3v) is 6.89. The van der Waals surface area contributed by atoms with Gasteiger partial charge >= 0.3 is 5.97 Å². The van der Waals surface area contributed by atoms with E-state index >= 15 is 0 Å². The molecule has 2 bridgehead atoms. The number of nitrogens with zero attached hydrogens (tertiary/aromatic N) is 1. The van der Waals surface area contributed by atoms with E-state index in [-0.39, 0.29) is 18.0 Å². The lowest BCUT2D eigenvalue weighted by atomic mass is 9.76. The molecule has 3 fully saturated rings. The Labute approximate surface area is 151 Å². The maximum absolute atomic E-state index is 12.9. The number of benzene rings is 1. The summed E-state index contributed by atoms with van der Waals surface area (Å²) in [5.74, 6) is 0.364. The van der Waals surface area contributed by atoms with Crippen LogP contribution >= 0.6 is 22.6 Å². The van der Waals surface area contributed by atoms with Crippen LogP contribution in [0.25, 0.3) is 0 Å². The zero-order valence-electron chi connectivity index (χ0n) is 13.6. The molecular formula is C19H24INO2. The van der Waals surface area contributed by atoms with E-state index in [4.69, 9.17) is 4.74 Å². The van der Waals surface area contributed by atoms with E-state index in [1.54, 1.807) is 0 Å². The molecular weight excluding hydrogens is 401 g/mol. The second-order valence-corrected chi connectivity index (χ2v) is 8.62. The van der Waals surface area contributed by atoms with Crippen molar-refractivity contribution in [3.8, 4) is 0 Å². The van der Waals surface area contributed by atoms with Crippen LogP contribution in [0, 0.1) is 9.49 Å². The molecule has 0 N–H and O–H groups in total. The molecule has 124 valence electrons. The third kappa shape index (κ3) is 2.93. The number of hydrogen-bond acceptors (Lipinski definition) is 3. The predicted molar refractivity (Wildman–Crippen MR) is 98.3 cm³/mol. The highest BCUT2D eigenvalue weighted by Crippen LogP contribution is 2.47. The van der Waals surface area contributed by atoms with Crippen molar-refractivity contribution in [2.75, 3.05) is 7.05 Å². The average molecular weight is 425 g/mol. The lowest BCUT2D eigenvalue weighted by molar-refractivity contribution is -0.162. The van der Waals surface area contributed by atoms with Crippen LogP contribution in [0.4, 0.5) is 0 Å². The molecule has 2 unspecified atom stereocenters.